The van der Waals surface area contributed by atoms with Crippen molar-refractivity contribution in [2.75, 3.05) is 22.5 Å². The van der Waals surface area contributed by atoms with Gasteiger partial charge < -0.3 is 10.1 Å². The van der Waals surface area contributed by atoms with Crippen LogP contribution in [-0.4, -0.2) is 39.2 Å². The third-order valence-corrected chi connectivity index (χ3v) is 5.45. The second kappa shape index (κ2) is 9.23. The Morgan fingerprint density at radius 1 is 1.24 bits per heavy atom. The van der Waals surface area contributed by atoms with Gasteiger partial charge in [-0.2, -0.15) is 0 Å². The average molecular weight is 443 g/mol. The van der Waals surface area contributed by atoms with Crippen molar-refractivity contribution in [2.24, 2.45) is 0 Å². The molecular weight excluding hydrogens is 423 g/mol. The predicted octanol–water partition coefficient (Wildman–Crippen LogP) is 3.45. The third-order valence-electron chi connectivity index (χ3n) is 3.91. The number of sulfonamides is 1. The highest BCUT2D eigenvalue weighted by atomic mass is 35.5. The fourth-order valence-electron chi connectivity index (χ4n) is 2.63. The number of amides is 1. The molecule has 2 aromatic carbocycles. The first-order valence-corrected chi connectivity index (χ1v) is 10.8. The van der Waals surface area contributed by atoms with E-state index in [9.17, 15) is 22.4 Å². The number of hydrogen-bond donors (Lipinski definition) is 1. The first-order valence-electron chi connectivity index (χ1n) is 8.57. The number of carbonyl (C=O) groups is 2. The number of para-hydroxylation sites is 1. The van der Waals surface area contributed by atoms with Gasteiger partial charge in [-0.25, -0.2) is 17.6 Å². The van der Waals surface area contributed by atoms with E-state index in [1.54, 1.807) is 6.92 Å². The van der Waals surface area contributed by atoms with Gasteiger partial charge in [0.1, 0.15) is 11.9 Å². The van der Waals surface area contributed by atoms with Crippen LogP contribution in [0.4, 0.5) is 15.8 Å². The van der Waals surface area contributed by atoms with Crippen LogP contribution < -0.4 is 9.62 Å². The van der Waals surface area contributed by atoms with Crippen LogP contribution in [0.2, 0.25) is 5.02 Å². The Morgan fingerprint density at radius 3 is 2.45 bits per heavy atom. The van der Waals surface area contributed by atoms with Crippen molar-refractivity contribution in [3.8, 4) is 0 Å². The molecule has 156 valence electrons. The molecule has 0 aromatic heterocycles. The summed E-state index contributed by atoms with van der Waals surface area (Å²) >= 11 is 6.07. The van der Waals surface area contributed by atoms with Gasteiger partial charge in [0.2, 0.25) is 15.9 Å². The molecule has 0 heterocycles. The first-order chi connectivity index (χ1) is 13.6. The maximum atomic E-state index is 14.2. The standard InChI is InChI=1S/C19H20ClFN2O5S/c1-4-28-19(25)14-10-9-13(11-15(14)20)22-18(24)12(2)23(29(3,26)27)17-8-6-5-7-16(17)21/h5-12H,4H2,1-3H3,(H,22,24)/t12-/m0/s1. The SMILES string of the molecule is CCOC(=O)c1ccc(NC(=O)[C@H](C)N(c2ccccc2F)S(C)(=O)=O)cc1Cl. The van der Waals surface area contributed by atoms with E-state index >= 15 is 0 Å². The number of hydrogen-bond acceptors (Lipinski definition) is 5. The molecule has 0 spiro atoms. The van der Waals surface area contributed by atoms with E-state index < -0.39 is 33.8 Å². The zero-order valence-electron chi connectivity index (χ0n) is 16.0. The summed E-state index contributed by atoms with van der Waals surface area (Å²) < 4.78 is 44.2. The molecule has 2 aromatic rings. The molecule has 1 N–H and O–H groups in total. The summed E-state index contributed by atoms with van der Waals surface area (Å²) in [5.74, 6) is -2.09. The lowest BCUT2D eigenvalue weighted by molar-refractivity contribution is -0.116. The van der Waals surface area contributed by atoms with Gasteiger partial charge in [-0.3, -0.25) is 9.10 Å². The van der Waals surface area contributed by atoms with E-state index in [4.69, 9.17) is 16.3 Å². The summed E-state index contributed by atoms with van der Waals surface area (Å²) in [6.07, 6.45) is 0.883. The van der Waals surface area contributed by atoms with Crippen LogP contribution >= 0.6 is 11.6 Å². The molecule has 10 heteroatoms. The lowest BCUT2D eigenvalue weighted by Crippen LogP contribution is -2.45. The Balaban J connectivity index is 2.28. The highest BCUT2D eigenvalue weighted by Gasteiger charge is 2.31. The normalized spacial score (nSPS) is 12.2. The molecule has 1 atom stereocenters. The largest absolute Gasteiger partial charge is 0.462 e. The molecule has 0 aliphatic heterocycles. The molecule has 0 unspecified atom stereocenters. The van der Waals surface area contributed by atoms with Gasteiger partial charge in [-0.05, 0) is 44.2 Å². The highest BCUT2D eigenvalue weighted by Crippen LogP contribution is 2.26. The lowest BCUT2D eigenvalue weighted by atomic mass is 10.2. The molecule has 0 aliphatic carbocycles. The number of carbonyl (C=O) groups excluding carboxylic acids is 2. The quantitative estimate of drug-likeness (QED) is 0.663. The summed E-state index contributed by atoms with van der Waals surface area (Å²) in [4.78, 5) is 24.4. The number of nitrogens with zero attached hydrogens (tertiary/aromatic N) is 1. The second-order valence-electron chi connectivity index (χ2n) is 6.09. The zero-order chi connectivity index (χ0) is 21.8. The van der Waals surface area contributed by atoms with Crippen LogP contribution in [0.15, 0.2) is 42.5 Å². The smallest absolute Gasteiger partial charge is 0.339 e. The minimum atomic E-state index is -3.96. The van der Waals surface area contributed by atoms with Crippen molar-refractivity contribution in [1.29, 1.82) is 0 Å². The van der Waals surface area contributed by atoms with E-state index in [0.29, 0.717) is 4.31 Å². The van der Waals surface area contributed by atoms with Crippen LogP contribution in [-0.2, 0) is 19.6 Å². The number of anilines is 2. The minimum absolute atomic E-state index is 0.0583. The van der Waals surface area contributed by atoms with Gasteiger partial charge in [0.15, 0.2) is 0 Å². The topological polar surface area (TPSA) is 92.8 Å². The van der Waals surface area contributed by atoms with Crippen LogP contribution in [0.1, 0.15) is 24.2 Å². The fraction of sp³-hybridized carbons (Fsp3) is 0.263. The minimum Gasteiger partial charge on any atom is -0.462 e. The monoisotopic (exact) mass is 442 g/mol. The number of rotatable bonds is 7. The van der Waals surface area contributed by atoms with Crippen LogP contribution in [0.3, 0.4) is 0 Å². The number of halogens is 2. The molecule has 0 bridgehead atoms. The van der Waals surface area contributed by atoms with Crippen LogP contribution in [0, 0.1) is 5.82 Å². The van der Waals surface area contributed by atoms with E-state index in [1.807, 2.05) is 0 Å². The maximum Gasteiger partial charge on any atom is 0.339 e. The molecule has 0 radical (unpaired) electrons. The molecule has 0 aliphatic rings. The molecule has 1 amide bonds. The molecule has 0 fully saturated rings. The van der Waals surface area contributed by atoms with Gasteiger partial charge >= 0.3 is 5.97 Å². The second-order valence-corrected chi connectivity index (χ2v) is 8.36. The van der Waals surface area contributed by atoms with E-state index in [-0.39, 0.29) is 28.6 Å². The molecular formula is C19H20ClFN2O5S. The van der Waals surface area contributed by atoms with Crippen molar-refractivity contribution < 1.29 is 27.1 Å². The van der Waals surface area contributed by atoms with Crippen molar-refractivity contribution in [3.63, 3.8) is 0 Å². The lowest BCUT2D eigenvalue weighted by Gasteiger charge is -2.28. The number of benzene rings is 2. The highest BCUT2D eigenvalue weighted by molar-refractivity contribution is 7.92. The number of ether oxygens (including phenoxy) is 1. The van der Waals surface area contributed by atoms with E-state index in [0.717, 1.165) is 12.3 Å². The van der Waals surface area contributed by atoms with Gasteiger partial charge in [0.05, 0.1) is 29.1 Å². The van der Waals surface area contributed by atoms with Crippen molar-refractivity contribution >= 4 is 44.9 Å². The predicted molar refractivity (Wildman–Crippen MR) is 109 cm³/mol. The summed E-state index contributed by atoms with van der Waals surface area (Å²) in [7, 11) is -3.96. The first kappa shape index (κ1) is 22.6. The Kier molecular flexibility index (Phi) is 7.21. The number of esters is 1. The van der Waals surface area contributed by atoms with Gasteiger partial charge in [0, 0.05) is 5.69 Å². The molecule has 29 heavy (non-hydrogen) atoms. The Bertz CT molecular complexity index is 1030. The van der Waals surface area contributed by atoms with Gasteiger partial charge in [-0.15, -0.1) is 0 Å². The summed E-state index contributed by atoms with van der Waals surface area (Å²) in [6, 6.07) is 8.14. The molecule has 0 saturated carbocycles. The Morgan fingerprint density at radius 2 is 1.90 bits per heavy atom. The average Bonchev–Trinajstić information content (AvgIpc) is 2.62. The zero-order valence-corrected chi connectivity index (χ0v) is 17.6. The Labute approximate surface area is 173 Å². The van der Waals surface area contributed by atoms with E-state index in [1.165, 1.54) is 43.3 Å². The van der Waals surface area contributed by atoms with Crippen molar-refractivity contribution in [3.05, 3.63) is 58.9 Å². The van der Waals surface area contributed by atoms with Crippen molar-refractivity contribution in [2.45, 2.75) is 19.9 Å². The summed E-state index contributed by atoms with van der Waals surface area (Å²) in [5.41, 5.74) is 0.124. The summed E-state index contributed by atoms with van der Waals surface area (Å²) in [5, 5.41) is 2.58. The molecule has 2 rings (SSSR count). The molecule has 7 nitrogen and oxygen atoms in total. The fourth-order valence-corrected chi connectivity index (χ4v) is 4.06. The van der Waals surface area contributed by atoms with Crippen LogP contribution in [0.5, 0.6) is 0 Å². The van der Waals surface area contributed by atoms with Gasteiger partial charge in [0.25, 0.3) is 0 Å². The van der Waals surface area contributed by atoms with Crippen LogP contribution in [0.25, 0.3) is 0 Å². The summed E-state index contributed by atoms with van der Waals surface area (Å²) in [6.45, 7) is 3.17. The maximum absolute atomic E-state index is 14.2. The molecule has 0 saturated heterocycles. The third kappa shape index (κ3) is 5.45. The Hall–Kier alpha value is -2.65. The van der Waals surface area contributed by atoms with Crippen molar-refractivity contribution in [1.82, 2.24) is 0 Å². The number of nitrogens with one attached hydrogen (secondary N) is 1. The van der Waals surface area contributed by atoms with E-state index in [2.05, 4.69) is 5.32 Å². The van der Waals surface area contributed by atoms with Gasteiger partial charge in [-0.1, -0.05) is 23.7 Å².